The quantitative estimate of drug-likeness (QED) is 0.685. The largest absolute Gasteiger partial charge is 0.366 e. The van der Waals surface area contributed by atoms with Gasteiger partial charge in [-0.1, -0.05) is 0 Å². The van der Waals surface area contributed by atoms with E-state index in [1.165, 1.54) is 0 Å². The van der Waals surface area contributed by atoms with Crippen LogP contribution in [0.5, 0.6) is 0 Å². The van der Waals surface area contributed by atoms with Crippen molar-refractivity contribution in [2.24, 2.45) is 5.73 Å². The summed E-state index contributed by atoms with van der Waals surface area (Å²) >= 11 is 0. The van der Waals surface area contributed by atoms with Gasteiger partial charge in [-0.3, -0.25) is 9.59 Å². The highest BCUT2D eigenvalue weighted by atomic mass is 16.2. The Morgan fingerprint density at radius 3 is 2.25 bits per heavy atom. The van der Waals surface area contributed by atoms with E-state index in [4.69, 9.17) is 5.73 Å². The van der Waals surface area contributed by atoms with Gasteiger partial charge in [0, 0.05) is 11.3 Å². The zero-order valence-electron chi connectivity index (χ0n) is 9.28. The third-order valence-electron chi connectivity index (χ3n) is 2.26. The molecule has 0 aliphatic heterocycles. The van der Waals surface area contributed by atoms with Crippen LogP contribution in [0.1, 0.15) is 17.3 Å². The molecule has 1 aromatic rings. The van der Waals surface area contributed by atoms with Crippen LogP contribution in [0.2, 0.25) is 0 Å². The molecule has 0 saturated heterocycles. The van der Waals surface area contributed by atoms with Crippen molar-refractivity contribution in [3.63, 3.8) is 0 Å². The first-order valence-electron chi connectivity index (χ1n) is 4.92. The number of primary amides is 1. The standard InChI is InChI=1S/C11H15N3O2/c1-7(13-2)11(16)14-9-5-3-8(4-6-9)10(12)15/h3-7,13H,1-2H3,(H2,12,15)(H,14,16). The van der Waals surface area contributed by atoms with Gasteiger partial charge in [-0.25, -0.2) is 0 Å². The molecule has 16 heavy (non-hydrogen) atoms. The van der Waals surface area contributed by atoms with Crippen LogP contribution in [0.15, 0.2) is 24.3 Å². The Bertz CT molecular complexity index is 387. The van der Waals surface area contributed by atoms with Gasteiger partial charge in [0.05, 0.1) is 6.04 Å². The van der Waals surface area contributed by atoms with Crippen LogP contribution in [0.25, 0.3) is 0 Å². The van der Waals surface area contributed by atoms with Crippen molar-refractivity contribution < 1.29 is 9.59 Å². The molecule has 1 aromatic carbocycles. The first-order chi connectivity index (χ1) is 7.54. The fourth-order valence-corrected chi connectivity index (χ4v) is 1.10. The number of benzene rings is 1. The summed E-state index contributed by atoms with van der Waals surface area (Å²) in [5.41, 5.74) is 6.15. The SMILES string of the molecule is CNC(C)C(=O)Nc1ccc(C(N)=O)cc1. The lowest BCUT2D eigenvalue weighted by Crippen LogP contribution is -2.35. The number of nitrogens with two attached hydrogens (primary N) is 1. The van der Waals surface area contributed by atoms with Crippen LogP contribution < -0.4 is 16.4 Å². The van der Waals surface area contributed by atoms with E-state index in [1.54, 1.807) is 38.2 Å². The topological polar surface area (TPSA) is 84.2 Å². The Morgan fingerprint density at radius 2 is 1.81 bits per heavy atom. The van der Waals surface area contributed by atoms with Crippen molar-refractivity contribution in [2.75, 3.05) is 12.4 Å². The molecule has 2 amide bonds. The van der Waals surface area contributed by atoms with E-state index >= 15 is 0 Å². The Morgan fingerprint density at radius 1 is 1.25 bits per heavy atom. The van der Waals surface area contributed by atoms with Crippen LogP contribution in [-0.4, -0.2) is 24.9 Å². The van der Waals surface area contributed by atoms with Crippen LogP contribution in [0, 0.1) is 0 Å². The molecule has 1 rings (SSSR count). The van der Waals surface area contributed by atoms with Crippen molar-refractivity contribution in [2.45, 2.75) is 13.0 Å². The summed E-state index contributed by atoms with van der Waals surface area (Å²) in [5.74, 6) is -0.615. The Hall–Kier alpha value is -1.88. The lowest BCUT2D eigenvalue weighted by molar-refractivity contribution is -0.117. The van der Waals surface area contributed by atoms with Crippen LogP contribution in [0.4, 0.5) is 5.69 Å². The number of likely N-dealkylation sites (N-methyl/N-ethyl adjacent to an activating group) is 1. The summed E-state index contributed by atoms with van der Waals surface area (Å²) in [5, 5.41) is 5.53. The van der Waals surface area contributed by atoms with Crippen molar-refractivity contribution in [1.82, 2.24) is 5.32 Å². The molecule has 0 radical (unpaired) electrons. The van der Waals surface area contributed by atoms with E-state index in [0.717, 1.165) is 0 Å². The van der Waals surface area contributed by atoms with E-state index in [1.807, 2.05) is 0 Å². The average molecular weight is 221 g/mol. The van der Waals surface area contributed by atoms with Crippen molar-refractivity contribution in [3.8, 4) is 0 Å². The Kier molecular flexibility index (Phi) is 4.02. The number of amides is 2. The molecule has 4 N–H and O–H groups in total. The lowest BCUT2D eigenvalue weighted by Gasteiger charge is -2.10. The number of nitrogens with one attached hydrogen (secondary N) is 2. The molecule has 0 fully saturated rings. The predicted molar refractivity (Wildman–Crippen MR) is 62.1 cm³/mol. The molecule has 5 heteroatoms. The monoisotopic (exact) mass is 221 g/mol. The minimum atomic E-state index is -0.485. The Labute approximate surface area is 94.0 Å². The molecule has 0 bridgehead atoms. The highest BCUT2D eigenvalue weighted by molar-refractivity contribution is 5.96. The zero-order valence-corrected chi connectivity index (χ0v) is 9.28. The van der Waals surface area contributed by atoms with Gasteiger partial charge < -0.3 is 16.4 Å². The summed E-state index contributed by atoms with van der Waals surface area (Å²) in [6, 6.07) is 6.15. The molecule has 1 unspecified atom stereocenters. The minimum absolute atomic E-state index is 0.130. The zero-order chi connectivity index (χ0) is 12.1. The van der Waals surface area contributed by atoms with E-state index in [0.29, 0.717) is 11.3 Å². The van der Waals surface area contributed by atoms with Crippen LogP contribution in [0.3, 0.4) is 0 Å². The van der Waals surface area contributed by atoms with Crippen LogP contribution >= 0.6 is 0 Å². The first kappa shape index (κ1) is 12.2. The molecule has 0 aromatic heterocycles. The number of carbonyl (C=O) groups is 2. The van der Waals surface area contributed by atoms with E-state index in [9.17, 15) is 9.59 Å². The second-order valence-electron chi connectivity index (χ2n) is 3.44. The summed E-state index contributed by atoms with van der Waals surface area (Å²) < 4.78 is 0. The van der Waals surface area contributed by atoms with Crippen molar-refractivity contribution in [1.29, 1.82) is 0 Å². The molecule has 0 aliphatic carbocycles. The normalized spacial score (nSPS) is 11.9. The third kappa shape index (κ3) is 3.06. The second-order valence-corrected chi connectivity index (χ2v) is 3.44. The Balaban J connectivity index is 2.69. The summed E-state index contributed by atoms with van der Waals surface area (Å²) in [6.45, 7) is 1.76. The van der Waals surface area contributed by atoms with Crippen molar-refractivity contribution >= 4 is 17.5 Å². The number of hydrogen-bond acceptors (Lipinski definition) is 3. The molecule has 5 nitrogen and oxygen atoms in total. The summed E-state index contributed by atoms with van der Waals surface area (Å²) in [6.07, 6.45) is 0. The van der Waals surface area contributed by atoms with E-state index < -0.39 is 5.91 Å². The van der Waals surface area contributed by atoms with Crippen molar-refractivity contribution in [3.05, 3.63) is 29.8 Å². The second kappa shape index (κ2) is 5.27. The molecular formula is C11H15N3O2. The molecule has 0 spiro atoms. The first-order valence-corrected chi connectivity index (χ1v) is 4.92. The number of anilines is 1. The molecule has 0 saturated carbocycles. The van der Waals surface area contributed by atoms with E-state index in [2.05, 4.69) is 10.6 Å². The van der Waals surface area contributed by atoms with Gasteiger partial charge in [0.15, 0.2) is 0 Å². The van der Waals surface area contributed by atoms with Gasteiger partial charge in [0.2, 0.25) is 11.8 Å². The maximum atomic E-state index is 11.5. The van der Waals surface area contributed by atoms with Gasteiger partial charge in [0.1, 0.15) is 0 Å². The van der Waals surface area contributed by atoms with Gasteiger partial charge in [-0.15, -0.1) is 0 Å². The maximum Gasteiger partial charge on any atom is 0.248 e. The number of carbonyl (C=O) groups excluding carboxylic acids is 2. The number of hydrogen-bond donors (Lipinski definition) is 3. The van der Waals surface area contributed by atoms with E-state index in [-0.39, 0.29) is 11.9 Å². The minimum Gasteiger partial charge on any atom is -0.366 e. The van der Waals surface area contributed by atoms with Gasteiger partial charge in [-0.05, 0) is 38.2 Å². The molecular weight excluding hydrogens is 206 g/mol. The highest BCUT2D eigenvalue weighted by Gasteiger charge is 2.10. The fraction of sp³-hybridized carbons (Fsp3) is 0.273. The molecule has 86 valence electrons. The third-order valence-corrected chi connectivity index (χ3v) is 2.26. The summed E-state index contributed by atoms with van der Waals surface area (Å²) in [4.78, 5) is 22.3. The summed E-state index contributed by atoms with van der Waals surface area (Å²) in [7, 11) is 1.71. The van der Waals surface area contributed by atoms with Crippen LogP contribution in [-0.2, 0) is 4.79 Å². The average Bonchev–Trinajstić information content (AvgIpc) is 2.28. The molecule has 0 aliphatic rings. The van der Waals surface area contributed by atoms with Gasteiger partial charge in [-0.2, -0.15) is 0 Å². The lowest BCUT2D eigenvalue weighted by atomic mass is 10.2. The highest BCUT2D eigenvalue weighted by Crippen LogP contribution is 2.09. The van der Waals surface area contributed by atoms with Gasteiger partial charge in [0.25, 0.3) is 0 Å². The fourth-order valence-electron chi connectivity index (χ4n) is 1.10. The predicted octanol–water partition coefficient (Wildman–Crippen LogP) is 0.332. The number of rotatable bonds is 4. The van der Waals surface area contributed by atoms with Gasteiger partial charge >= 0.3 is 0 Å². The maximum absolute atomic E-state index is 11.5. The molecule has 0 heterocycles. The molecule has 1 atom stereocenters. The smallest absolute Gasteiger partial charge is 0.248 e.